The van der Waals surface area contributed by atoms with E-state index in [9.17, 15) is 18.0 Å². The molecular formula is C20H22F3N3O3. The van der Waals surface area contributed by atoms with Crippen molar-refractivity contribution in [1.82, 2.24) is 9.55 Å². The lowest BCUT2D eigenvalue weighted by Gasteiger charge is -2.20. The number of hydrogen-bond acceptors (Lipinski definition) is 4. The zero-order valence-corrected chi connectivity index (χ0v) is 16.0. The smallest absolute Gasteiger partial charge is 0.398 e. The number of hydrogen-bond donors (Lipinski definition) is 1. The van der Waals surface area contributed by atoms with E-state index in [1.54, 1.807) is 12.1 Å². The number of aromatic nitrogens is 2. The molecule has 0 saturated heterocycles. The molecule has 2 heterocycles. The highest BCUT2D eigenvalue weighted by Crippen LogP contribution is 2.58. The fourth-order valence-electron chi connectivity index (χ4n) is 3.83. The van der Waals surface area contributed by atoms with E-state index in [0.29, 0.717) is 24.7 Å². The first-order valence-electron chi connectivity index (χ1n) is 9.61. The van der Waals surface area contributed by atoms with E-state index in [1.165, 1.54) is 12.1 Å². The molecule has 1 amide bonds. The number of rotatable bonds is 7. The SMILES string of the molecule is CCCc1c(C(N)=O)nc2n1C[C@@H](COc1ccc(C3(C(F)(F)F)CC3)cc1)O2. The van der Waals surface area contributed by atoms with Gasteiger partial charge in [0, 0.05) is 0 Å². The van der Waals surface area contributed by atoms with Crippen molar-refractivity contribution in [2.75, 3.05) is 6.61 Å². The maximum atomic E-state index is 13.2. The molecule has 0 spiro atoms. The summed E-state index contributed by atoms with van der Waals surface area (Å²) in [6.07, 6.45) is -2.78. The van der Waals surface area contributed by atoms with Crippen LogP contribution in [0.25, 0.3) is 0 Å². The van der Waals surface area contributed by atoms with Gasteiger partial charge in [0.25, 0.3) is 11.9 Å². The van der Waals surface area contributed by atoms with Crippen molar-refractivity contribution in [3.63, 3.8) is 0 Å². The number of alkyl halides is 3. The van der Waals surface area contributed by atoms with E-state index in [1.807, 2.05) is 11.5 Å². The zero-order valence-electron chi connectivity index (χ0n) is 16.0. The number of carbonyl (C=O) groups is 1. The molecule has 1 aliphatic heterocycles. The molecule has 1 atom stereocenters. The molecule has 0 unspecified atom stereocenters. The van der Waals surface area contributed by atoms with Gasteiger partial charge in [-0.1, -0.05) is 25.5 Å². The number of halogens is 3. The molecule has 1 fully saturated rings. The van der Waals surface area contributed by atoms with Gasteiger partial charge in [0.1, 0.15) is 12.4 Å². The van der Waals surface area contributed by atoms with Gasteiger partial charge in [0.15, 0.2) is 11.8 Å². The normalized spacial score (nSPS) is 19.5. The summed E-state index contributed by atoms with van der Waals surface area (Å²) in [5.74, 6) is -0.106. The monoisotopic (exact) mass is 409 g/mol. The topological polar surface area (TPSA) is 79.4 Å². The summed E-state index contributed by atoms with van der Waals surface area (Å²) in [5.41, 5.74) is 4.95. The lowest BCUT2D eigenvalue weighted by Crippen LogP contribution is -2.28. The minimum atomic E-state index is -4.23. The molecule has 6 nitrogen and oxygen atoms in total. The molecule has 0 radical (unpaired) electrons. The van der Waals surface area contributed by atoms with Gasteiger partial charge in [-0.2, -0.15) is 18.2 Å². The highest BCUT2D eigenvalue weighted by Gasteiger charge is 2.64. The van der Waals surface area contributed by atoms with Crippen LogP contribution in [0.4, 0.5) is 13.2 Å². The van der Waals surface area contributed by atoms with Gasteiger partial charge in [-0.05, 0) is 37.0 Å². The standard InChI is InChI=1S/C20H22F3N3O3/c1-2-3-15-16(17(24)27)25-18-26(15)10-14(29-18)11-28-13-6-4-12(5-7-13)19(8-9-19)20(21,22)23/h4-7,14H,2-3,8-11H2,1H3,(H2,24,27)/t14-/m0/s1. The van der Waals surface area contributed by atoms with Crippen molar-refractivity contribution in [1.29, 1.82) is 0 Å². The molecule has 2 aliphatic rings. The van der Waals surface area contributed by atoms with E-state index in [4.69, 9.17) is 15.2 Å². The summed E-state index contributed by atoms with van der Waals surface area (Å²) in [7, 11) is 0. The van der Waals surface area contributed by atoms with Crippen LogP contribution in [0, 0.1) is 0 Å². The Morgan fingerprint density at radius 3 is 2.59 bits per heavy atom. The minimum Gasteiger partial charge on any atom is -0.490 e. The van der Waals surface area contributed by atoms with Crippen LogP contribution in [-0.4, -0.2) is 34.3 Å². The lowest BCUT2D eigenvalue weighted by molar-refractivity contribution is -0.160. The van der Waals surface area contributed by atoms with E-state index >= 15 is 0 Å². The number of carbonyl (C=O) groups excluding carboxylic acids is 1. The second-order valence-corrected chi connectivity index (χ2v) is 7.57. The van der Waals surface area contributed by atoms with Gasteiger partial charge in [0.05, 0.1) is 17.7 Å². The second-order valence-electron chi connectivity index (χ2n) is 7.57. The van der Waals surface area contributed by atoms with E-state index in [-0.39, 0.29) is 36.8 Å². The van der Waals surface area contributed by atoms with Crippen LogP contribution in [0.1, 0.15) is 47.9 Å². The molecular weight excluding hydrogens is 387 g/mol. The van der Waals surface area contributed by atoms with Gasteiger partial charge in [-0.25, -0.2) is 0 Å². The third-order valence-corrected chi connectivity index (χ3v) is 5.55. The molecule has 4 rings (SSSR count). The number of benzene rings is 1. The third-order valence-electron chi connectivity index (χ3n) is 5.55. The summed E-state index contributed by atoms with van der Waals surface area (Å²) < 4.78 is 52.9. The van der Waals surface area contributed by atoms with E-state index < -0.39 is 17.5 Å². The van der Waals surface area contributed by atoms with E-state index in [2.05, 4.69) is 4.98 Å². The Balaban J connectivity index is 1.38. The fraction of sp³-hybridized carbons (Fsp3) is 0.500. The Kier molecular flexibility index (Phi) is 4.71. The zero-order chi connectivity index (χ0) is 20.8. The largest absolute Gasteiger partial charge is 0.490 e. The Labute approximate surface area is 165 Å². The number of primary amides is 1. The predicted molar refractivity (Wildman–Crippen MR) is 98.1 cm³/mol. The van der Waals surface area contributed by atoms with Crippen molar-refractivity contribution in [3.8, 4) is 11.8 Å². The Morgan fingerprint density at radius 1 is 1.34 bits per heavy atom. The van der Waals surface area contributed by atoms with Crippen LogP contribution < -0.4 is 15.2 Å². The summed E-state index contributed by atoms with van der Waals surface area (Å²) in [6.45, 7) is 2.68. The molecule has 9 heteroatoms. The van der Waals surface area contributed by atoms with Crippen LogP contribution in [-0.2, 0) is 18.4 Å². The predicted octanol–water partition coefficient (Wildman–Crippen LogP) is 3.37. The van der Waals surface area contributed by atoms with Crippen LogP contribution >= 0.6 is 0 Å². The van der Waals surface area contributed by atoms with Crippen LogP contribution in [0.2, 0.25) is 0 Å². The number of nitrogens with zero attached hydrogens (tertiary/aromatic N) is 2. The number of nitrogens with two attached hydrogens (primary N) is 1. The molecule has 1 aromatic heterocycles. The van der Waals surface area contributed by atoms with Crippen molar-refractivity contribution < 1.29 is 27.4 Å². The molecule has 2 N–H and O–H groups in total. The molecule has 156 valence electrons. The van der Waals surface area contributed by atoms with Crippen LogP contribution in [0.3, 0.4) is 0 Å². The van der Waals surface area contributed by atoms with E-state index in [0.717, 1.165) is 12.1 Å². The van der Waals surface area contributed by atoms with Crippen LogP contribution in [0.15, 0.2) is 24.3 Å². The van der Waals surface area contributed by atoms with Crippen molar-refractivity contribution in [2.24, 2.45) is 5.73 Å². The highest BCUT2D eigenvalue weighted by molar-refractivity contribution is 5.92. The van der Waals surface area contributed by atoms with Gasteiger partial charge >= 0.3 is 6.18 Å². The average molecular weight is 409 g/mol. The number of amides is 1. The summed E-state index contributed by atoms with van der Waals surface area (Å²) in [4.78, 5) is 15.7. The van der Waals surface area contributed by atoms with Gasteiger partial charge in [-0.15, -0.1) is 0 Å². The summed E-state index contributed by atoms with van der Waals surface area (Å²) in [6, 6.07) is 6.42. The average Bonchev–Trinajstić information content (AvgIpc) is 3.30. The molecule has 0 bridgehead atoms. The quantitative estimate of drug-likeness (QED) is 0.761. The maximum Gasteiger partial charge on any atom is 0.398 e. The van der Waals surface area contributed by atoms with Crippen LogP contribution in [0.5, 0.6) is 11.8 Å². The third kappa shape index (κ3) is 3.42. The fourth-order valence-corrected chi connectivity index (χ4v) is 3.83. The summed E-state index contributed by atoms with van der Waals surface area (Å²) in [5, 5.41) is 0. The van der Waals surface area contributed by atoms with Crippen molar-refractivity contribution in [2.45, 2.75) is 56.8 Å². The number of ether oxygens (including phenoxy) is 2. The Morgan fingerprint density at radius 2 is 2.03 bits per heavy atom. The molecule has 2 aromatic rings. The minimum absolute atomic E-state index is 0.130. The first-order chi connectivity index (χ1) is 13.7. The Bertz CT molecular complexity index is 918. The maximum absolute atomic E-state index is 13.2. The molecule has 1 saturated carbocycles. The van der Waals surface area contributed by atoms with Gasteiger partial charge in [-0.3, -0.25) is 9.36 Å². The number of imidazole rings is 1. The number of fused-ring (bicyclic) bond motifs is 1. The first-order valence-corrected chi connectivity index (χ1v) is 9.61. The van der Waals surface area contributed by atoms with Crippen molar-refractivity contribution >= 4 is 5.91 Å². The van der Waals surface area contributed by atoms with Gasteiger partial charge < -0.3 is 15.2 Å². The van der Waals surface area contributed by atoms with Crippen molar-refractivity contribution in [3.05, 3.63) is 41.2 Å². The molecule has 29 heavy (non-hydrogen) atoms. The molecule has 1 aliphatic carbocycles. The van der Waals surface area contributed by atoms with Gasteiger partial charge in [0.2, 0.25) is 0 Å². The summed E-state index contributed by atoms with van der Waals surface area (Å²) >= 11 is 0. The Hall–Kier alpha value is -2.71. The second kappa shape index (κ2) is 6.96. The highest BCUT2D eigenvalue weighted by atomic mass is 19.4. The lowest BCUT2D eigenvalue weighted by atomic mass is 9.95. The molecule has 1 aromatic carbocycles. The first kappa shape index (κ1) is 19.6.